The quantitative estimate of drug-likeness (QED) is 0.806. The van der Waals surface area contributed by atoms with Crippen LogP contribution in [0.25, 0.3) is 5.65 Å². The summed E-state index contributed by atoms with van der Waals surface area (Å²) in [6.45, 7) is 7.38. The van der Waals surface area contributed by atoms with Gasteiger partial charge in [-0.1, -0.05) is 0 Å². The second-order valence-corrected chi connectivity index (χ2v) is 7.06. The van der Waals surface area contributed by atoms with Gasteiger partial charge in [0.15, 0.2) is 5.65 Å². The summed E-state index contributed by atoms with van der Waals surface area (Å²) in [6, 6.07) is 1.54. The monoisotopic (exact) mass is 387 g/mol. The number of carbonyl (C=O) groups is 1. The molecular weight excluding hydrogens is 363 g/mol. The van der Waals surface area contributed by atoms with Crippen molar-refractivity contribution in [2.24, 2.45) is 0 Å². The van der Waals surface area contributed by atoms with Gasteiger partial charge in [-0.15, -0.1) is 0 Å². The molecule has 0 radical (unpaired) electrons. The molecule has 1 saturated heterocycles. The molecule has 2 aromatic heterocycles. The third-order valence-electron chi connectivity index (χ3n) is 3.69. The van der Waals surface area contributed by atoms with E-state index in [-0.39, 0.29) is 17.3 Å². The van der Waals surface area contributed by atoms with Crippen LogP contribution in [0, 0.1) is 0 Å². The van der Waals surface area contributed by atoms with Crippen molar-refractivity contribution in [3.63, 3.8) is 0 Å². The number of aromatic nitrogens is 3. The number of ether oxygens (including phenoxy) is 1. The van der Waals surface area contributed by atoms with Crippen molar-refractivity contribution in [3.05, 3.63) is 24.0 Å². The molecule has 0 aromatic carbocycles. The Morgan fingerprint density at radius 1 is 1.22 bits per heavy atom. The number of fused-ring (bicyclic) bond motifs is 1. The highest BCUT2D eigenvalue weighted by Crippen LogP contribution is 2.31. The number of alkyl halides is 3. The third kappa shape index (κ3) is 5.73. The molecule has 1 amide bonds. The summed E-state index contributed by atoms with van der Waals surface area (Å²) in [5.74, 6) is 0.369. The standard InChI is InChI=1S/C9H17NO2.C8H7F3N4/c1-9(2,3)12-8(11)10-6-4-5-7-10;1-12-6-2-3-15-7(14-6)5(4-13-15)8(9,10)11/h4-7H2,1-3H3;2-4H,1H3,(H,12,14). The van der Waals surface area contributed by atoms with Gasteiger partial charge in [0.05, 0.1) is 6.20 Å². The van der Waals surface area contributed by atoms with Gasteiger partial charge >= 0.3 is 12.3 Å². The van der Waals surface area contributed by atoms with E-state index in [1.54, 1.807) is 18.0 Å². The number of carbonyl (C=O) groups excluding carboxylic acids is 1. The maximum atomic E-state index is 12.5. The van der Waals surface area contributed by atoms with Crippen LogP contribution in [0.1, 0.15) is 39.2 Å². The van der Waals surface area contributed by atoms with E-state index >= 15 is 0 Å². The van der Waals surface area contributed by atoms with E-state index in [1.165, 1.54) is 6.20 Å². The lowest BCUT2D eigenvalue weighted by molar-refractivity contribution is -0.136. The predicted molar refractivity (Wildman–Crippen MR) is 94.6 cm³/mol. The Labute approximate surface area is 155 Å². The van der Waals surface area contributed by atoms with Crippen molar-refractivity contribution in [3.8, 4) is 0 Å². The fraction of sp³-hybridized carbons (Fsp3) is 0.588. The highest BCUT2D eigenvalue weighted by Gasteiger charge is 2.35. The van der Waals surface area contributed by atoms with Crippen LogP contribution in [-0.4, -0.2) is 51.3 Å². The summed E-state index contributed by atoms with van der Waals surface area (Å²) in [5, 5.41) is 6.23. The molecule has 2 aromatic rings. The van der Waals surface area contributed by atoms with Crippen molar-refractivity contribution in [1.82, 2.24) is 19.5 Å². The molecule has 3 rings (SSSR count). The number of halogens is 3. The number of amides is 1. The first-order valence-electron chi connectivity index (χ1n) is 8.58. The van der Waals surface area contributed by atoms with Crippen LogP contribution in [0.2, 0.25) is 0 Å². The molecule has 1 fully saturated rings. The van der Waals surface area contributed by atoms with Crippen LogP contribution in [0.3, 0.4) is 0 Å². The molecule has 10 heteroatoms. The SMILES string of the molecule is CC(C)(C)OC(=O)N1CCCC1.CNc1ccn2ncc(C(F)(F)F)c2n1. The molecule has 150 valence electrons. The second-order valence-electron chi connectivity index (χ2n) is 7.06. The number of nitrogens with one attached hydrogen (secondary N) is 1. The van der Waals surface area contributed by atoms with Crippen LogP contribution < -0.4 is 5.32 Å². The van der Waals surface area contributed by atoms with Gasteiger partial charge in [-0.05, 0) is 39.7 Å². The topological polar surface area (TPSA) is 71.8 Å². The first-order chi connectivity index (χ1) is 12.5. The summed E-state index contributed by atoms with van der Waals surface area (Å²) in [4.78, 5) is 16.9. The Kier molecular flexibility index (Phi) is 6.17. The minimum absolute atomic E-state index is 0.167. The zero-order chi connectivity index (χ0) is 20.2. The molecule has 1 N–H and O–H groups in total. The highest BCUT2D eigenvalue weighted by atomic mass is 19.4. The first kappa shape index (κ1) is 20.8. The van der Waals surface area contributed by atoms with Crippen LogP contribution in [-0.2, 0) is 10.9 Å². The number of rotatable bonds is 1. The molecule has 0 aliphatic carbocycles. The molecular formula is C17H24F3N5O2. The van der Waals surface area contributed by atoms with Crippen LogP contribution >= 0.6 is 0 Å². The summed E-state index contributed by atoms with van der Waals surface area (Å²) < 4.78 is 43.7. The van der Waals surface area contributed by atoms with Gasteiger partial charge in [0.1, 0.15) is 17.0 Å². The fourth-order valence-electron chi connectivity index (χ4n) is 2.43. The zero-order valence-corrected chi connectivity index (χ0v) is 15.8. The third-order valence-corrected chi connectivity index (χ3v) is 3.69. The number of likely N-dealkylation sites (tertiary alicyclic amines) is 1. The predicted octanol–water partition coefficient (Wildman–Crippen LogP) is 3.81. The van der Waals surface area contributed by atoms with Crippen molar-refractivity contribution < 1.29 is 22.7 Å². The second kappa shape index (κ2) is 8.01. The summed E-state index contributed by atoms with van der Waals surface area (Å²) in [5.41, 5.74) is -1.39. The number of nitrogens with zero attached hydrogens (tertiary/aromatic N) is 4. The Morgan fingerprint density at radius 3 is 2.37 bits per heavy atom. The molecule has 0 unspecified atom stereocenters. The van der Waals surface area contributed by atoms with Crippen molar-refractivity contribution >= 4 is 17.6 Å². The number of hydrogen-bond acceptors (Lipinski definition) is 5. The lowest BCUT2D eigenvalue weighted by atomic mass is 10.2. The van der Waals surface area contributed by atoms with E-state index in [1.807, 2.05) is 20.8 Å². The van der Waals surface area contributed by atoms with E-state index in [0.717, 1.165) is 36.6 Å². The fourth-order valence-corrected chi connectivity index (χ4v) is 2.43. The first-order valence-corrected chi connectivity index (χ1v) is 8.58. The lowest BCUT2D eigenvalue weighted by Gasteiger charge is -2.23. The molecule has 0 bridgehead atoms. The van der Waals surface area contributed by atoms with Gasteiger partial charge in [-0.25, -0.2) is 14.3 Å². The Morgan fingerprint density at radius 2 is 1.85 bits per heavy atom. The van der Waals surface area contributed by atoms with Crippen molar-refractivity contribution in [2.45, 2.75) is 45.4 Å². The minimum atomic E-state index is -4.43. The van der Waals surface area contributed by atoms with Crippen LogP contribution in [0.5, 0.6) is 0 Å². The molecule has 0 saturated carbocycles. The van der Waals surface area contributed by atoms with E-state index < -0.39 is 11.7 Å². The largest absolute Gasteiger partial charge is 0.444 e. The molecule has 3 heterocycles. The maximum absolute atomic E-state index is 12.5. The summed E-state index contributed by atoms with van der Waals surface area (Å²) >= 11 is 0. The van der Waals surface area contributed by atoms with E-state index in [9.17, 15) is 18.0 Å². The molecule has 27 heavy (non-hydrogen) atoms. The highest BCUT2D eigenvalue weighted by molar-refractivity contribution is 5.68. The zero-order valence-electron chi connectivity index (χ0n) is 15.8. The Bertz CT molecular complexity index is 777. The van der Waals surface area contributed by atoms with Crippen LogP contribution in [0.4, 0.5) is 23.8 Å². The number of hydrogen-bond donors (Lipinski definition) is 1. The average molecular weight is 387 g/mol. The molecule has 1 aliphatic heterocycles. The van der Waals surface area contributed by atoms with Crippen molar-refractivity contribution in [1.29, 1.82) is 0 Å². The number of anilines is 1. The van der Waals surface area contributed by atoms with E-state index in [0.29, 0.717) is 5.82 Å². The van der Waals surface area contributed by atoms with Gasteiger partial charge in [0.2, 0.25) is 0 Å². The molecule has 7 nitrogen and oxygen atoms in total. The van der Waals surface area contributed by atoms with Crippen LogP contribution in [0.15, 0.2) is 18.5 Å². The normalized spacial score (nSPS) is 14.7. The van der Waals surface area contributed by atoms with Gasteiger partial charge < -0.3 is 15.0 Å². The lowest BCUT2D eigenvalue weighted by Crippen LogP contribution is -2.34. The summed E-state index contributed by atoms with van der Waals surface area (Å²) in [6.07, 6.45) is -0.190. The smallest absolute Gasteiger partial charge is 0.421 e. The Balaban J connectivity index is 0.000000199. The van der Waals surface area contributed by atoms with Gasteiger partial charge in [-0.2, -0.15) is 18.3 Å². The van der Waals surface area contributed by atoms with Crippen molar-refractivity contribution in [2.75, 3.05) is 25.5 Å². The Hall–Kier alpha value is -2.52. The van der Waals surface area contributed by atoms with Gasteiger partial charge in [-0.3, -0.25) is 0 Å². The van der Waals surface area contributed by atoms with E-state index in [4.69, 9.17) is 4.74 Å². The average Bonchev–Trinajstić information content (AvgIpc) is 3.22. The maximum Gasteiger partial charge on any atom is 0.421 e. The summed E-state index contributed by atoms with van der Waals surface area (Å²) in [7, 11) is 1.59. The van der Waals surface area contributed by atoms with E-state index in [2.05, 4.69) is 15.4 Å². The molecule has 0 spiro atoms. The molecule has 1 aliphatic rings. The molecule has 0 atom stereocenters. The van der Waals surface area contributed by atoms with Gasteiger partial charge in [0, 0.05) is 26.3 Å². The minimum Gasteiger partial charge on any atom is -0.444 e. The van der Waals surface area contributed by atoms with Gasteiger partial charge in [0.25, 0.3) is 0 Å².